The van der Waals surface area contributed by atoms with E-state index in [1.807, 2.05) is 41.5 Å². The maximum Gasteiger partial charge on any atom is 0.00334 e. The highest BCUT2D eigenvalue weighted by Crippen LogP contribution is 2.07. The molecule has 1 aromatic rings. The zero-order chi connectivity index (χ0) is 16.0. The quantitative estimate of drug-likeness (QED) is 0.684. The van der Waals surface area contributed by atoms with Gasteiger partial charge in [-0.05, 0) is 37.8 Å². The second-order valence-electron chi connectivity index (χ2n) is 4.32. The molecule has 1 heteroatoms. The smallest absolute Gasteiger partial charge is 0.00334 e. The standard InChI is InChI=1S/C9H12.C5H11N.2C2H6/c1-7-4-5-8(2)9(3)6-7;1-4(2)5(3)6;2*1-2/h4-6H,1-3H3;4H,3,6H2,1-2H3;2*1-2H3. The van der Waals surface area contributed by atoms with E-state index in [9.17, 15) is 0 Å². The van der Waals surface area contributed by atoms with Crippen LogP contribution in [-0.4, -0.2) is 0 Å². The van der Waals surface area contributed by atoms with E-state index in [4.69, 9.17) is 5.73 Å². The van der Waals surface area contributed by atoms with E-state index < -0.39 is 0 Å². The Hall–Kier alpha value is -1.24. The first-order chi connectivity index (χ1) is 8.84. The van der Waals surface area contributed by atoms with Crippen molar-refractivity contribution in [1.82, 2.24) is 0 Å². The average Bonchev–Trinajstić information content (AvgIpc) is 2.39. The molecule has 0 aliphatic rings. The molecule has 2 N–H and O–H groups in total. The van der Waals surface area contributed by atoms with Crippen molar-refractivity contribution in [2.45, 2.75) is 62.3 Å². The highest BCUT2D eigenvalue weighted by atomic mass is 14.6. The van der Waals surface area contributed by atoms with Gasteiger partial charge in [0.1, 0.15) is 0 Å². The first kappa shape index (κ1) is 22.9. The molecule has 0 aliphatic heterocycles. The average molecular weight is 265 g/mol. The topological polar surface area (TPSA) is 26.0 Å². The van der Waals surface area contributed by atoms with Crippen molar-refractivity contribution in [3.05, 3.63) is 47.2 Å². The van der Waals surface area contributed by atoms with Crippen molar-refractivity contribution in [3.8, 4) is 0 Å². The fraction of sp³-hybridized carbons (Fsp3) is 0.556. The van der Waals surface area contributed by atoms with Crippen molar-refractivity contribution < 1.29 is 0 Å². The second kappa shape index (κ2) is 14.8. The van der Waals surface area contributed by atoms with Gasteiger partial charge in [0.15, 0.2) is 0 Å². The lowest BCUT2D eigenvalue weighted by Crippen LogP contribution is -2.01. The van der Waals surface area contributed by atoms with Crippen LogP contribution in [0.5, 0.6) is 0 Å². The molecular formula is C18H35N. The van der Waals surface area contributed by atoms with Crippen LogP contribution < -0.4 is 5.73 Å². The maximum atomic E-state index is 5.24. The number of hydrogen-bond acceptors (Lipinski definition) is 1. The minimum Gasteiger partial charge on any atom is -0.402 e. The first-order valence-electron chi connectivity index (χ1n) is 7.32. The van der Waals surface area contributed by atoms with Crippen molar-refractivity contribution in [3.63, 3.8) is 0 Å². The number of hydrogen-bond donors (Lipinski definition) is 1. The van der Waals surface area contributed by atoms with E-state index in [2.05, 4.69) is 45.5 Å². The summed E-state index contributed by atoms with van der Waals surface area (Å²) in [6.45, 7) is 22.0. The normalized spacial score (nSPS) is 8.11. The summed E-state index contributed by atoms with van der Waals surface area (Å²) in [4.78, 5) is 0. The summed E-state index contributed by atoms with van der Waals surface area (Å²) in [7, 11) is 0. The molecule has 0 radical (unpaired) electrons. The Bertz CT molecular complexity index is 324. The van der Waals surface area contributed by atoms with Gasteiger partial charge in [0.25, 0.3) is 0 Å². The maximum absolute atomic E-state index is 5.24. The lowest BCUT2D eigenvalue weighted by molar-refractivity contribution is 0.761. The summed E-state index contributed by atoms with van der Waals surface area (Å²) in [5.74, 6) is 0.435. The van der Waals surface area contributed by atoms with Crippen molar-refractivity contribution >= 4 is 0 Å². The van der Waals surface area contributed by atoms with Crippen LogP contribution in [0.15, 0.2) is 30.5 Å². The molecule has 1 aromatic carbocycles. The van der Waals surface area contributed by atoms with Gasteiger partial charge in [-0.15, -0.1) is 0 Å². The number of rotatable bonds is 1. The van der Waals surface area contributed by atoms with Crippen LogP contribution in [0.2, 0.25) is 0 Å². The molecule has 0 aliphatic carbocycles. The third-order valence-electron chi connectivity index (χ3n) is 2.40. The van der Waals surface area contributed by atoms with Crippen LogP contribution in [0.3, 0.4) is 0 Å². The number of allylic oxidation sites excluding steroid dienone is 1. The Morgan fingerprint density at radius 3 is 1.53 bits per heavy atom. The third kappa shape index (κ3) is 14.7. The molecule has 0 unspecified atom stereocenters. The van der Waals surface area contributed by atoms with Gasteiger partial charge < -0.3 is 5.73 Å². The van der Waals surface area contributed by atoms with E-state index >= 15 is 0 Å². The molecule has 112 valence electrons. The minimum atomic E-state index is 0.435. The summed E-state index contributed by atoms with van der Waals surface area (Å²) < 4.78 is 0. The molecule has 1 rings (SSSR count). The molecule has 0 bridgehead atoms. The molecule has 0 saturated heterocycles. The van der Waals surface area contributed by atoms with Gasteiger partial charge >= 0.3 is 0 Å². The van der Waals surface area contributed by atoms with Crippen LogP contribution in [0.1, 0.15) is 58.2 Å². The Balaban J connectivity index is -0.000000224. The molecule has 0 heterocycles. The molecule has 0 fully saturated rings. The lowest BCUT2D eigenvalue weighted by atomic mass is 10.1. The lowest BCUT2D eigenvalue weighted by Gasteiger charge is -1.98. The molecular weight excluding hydrogens is 230 g/mol. The van der Waals surface area contributed by atoms with E-state index in [1.165, 1.54) is 16.7 Å². The summed E-state index contributed by atoms with van der Waals surface area (Å²) in [6.07, 6.45) is 0. The van der Waals surface area contributed by atoms with Gasteiger partial charge in [-0.3, -0.25) is 0 Å². The molecule has 0 saturated carbocycles. The van der Waals surface area contributed by atoms with Crippen LogP contribution >= 0.6 is 0 Å². The number of nitrogens with two attached hydrogens (primary N) is 1. The first-order valence-corrected chi connectivity index (χ1v) is 7.32. The molecule has 19 heavy (non-hydrogen) atoms. The molecule has 0 aromatic heterocycles. The van der Waals surface area contributed by atoms with Crippen LogP contribution in [0.4, 0.5) is 0 Å². The van der Waals surface area contributed by atoms with E-state index in [0.717, 1.165) is 5.70 Å². The minimum absolute atomic E-state index is 0.435. The molecule has 1 nitrogen and oxygen atoms in total. The Kier molecular flexibility index (Phi) is 17.9. The van der Waals surface area contributed by atoms with Crippen molar-refractivity contribution in [2.24, 2.45) is 11.7 Å². The summed E-state index contributed by atoms with van der Waals surface area (Å²) >= 11 is 0. The summed E-state index contributed by atoms with van der Waals surface area (Å²) in [5, 5.41) is 0. The predicted molar refractivity (Wildman–Crippen MR) is 91.5 cm³/mol. The molecule has 0 spiro atoms. The summed E-state index contributed by atoms with van der Waals surface area (Å²) in [5.41, 5.74) is 10.1. The molecule has 0 atom stereocenters. The van der Waals surface area contributed by atoms with Crippen LogP contribution in [0, 0.1) is 26.7 Å². The number of benzene rings is 1. The Morgan fingerprint density at radius 2 is 1.32 bits per heavy atom. The fourth-order valence-electron chi connectivity index (χ4n) is 0.891. The van der Waals surface area contributed by atoms with Gasteiger partial charge in [-0.1, -0.05) is 71.9 Å². The van der Waals surface area contributed by atoms with Gasteiger partial charge in [0, 0.05) is 5.70 Å². The van der Waals surface area contributed by atoms with Crippen molar-refractivity contribution in [1.29, 1.82) is 0 Å². The Morgan fingerprint density at radius 1 is 0.947 bits per heavy atom. The molecule has 0 amide bonds. The van der Waals surface area contributed by atoms with Crippen molar-refractivity contribution in [2.75, 3.05) is 0 Å². The number of aryl methyl sites for hydroxylation is 3. The van der Waals surface area contributed by atoms with Gasteiger partial charge in [-0.2, -0.15) is 0 Å². The van der Waals surface area contributed by atoms with Gasteiger partial charge in [-0.25, -0.2) is 0 Å². The largest absolute Gasteiger partial charge is 0.402 e. The Labute approximate surface area is 121 Å². The van der Waals surface area contributed by atoms with Crippen LogP contribution in [-0.2, 0) is 0 Å². The zero-order valence-electron chi connectivity index (χ0n) is 14.6. The monoisotopic (exact) mass is 265 g/mol. The van der Waals surface area contributed by atoms with E-state index in [0.29, 0.717) is 5.92 Å². The highest BCUT2D eigenvalue weighted by molar-refractivity contribution is 5.28. The SMILES string of the molecule is C=C(N)C(C)C.CC.CC.Cc1ccc(C)c(C)c1. The second-order valence-corrected chi connectivity index (χ2v) is 4.32. The van der Waals surface area contributed by atoms with Gasteiger partial charge in [0.2, 0.25) is 0 Å². The third-order valence-corrected chi connectivity index (χ3v) is 2.40. The highest BCUT2D eigenvalue weighted by Gasteiger charge is 1.89. The van der Waals surface area contributed by atoms with Gasteiger partial charge in [0.05, 0.1) is 0 Å². The fourth-order valence-corrected chi connectivity index (χ4v) is 0.891. The van der Waals surface area contributed by atoms with E-state index in [1.54, 1.807) is 0 Å². The summed E-state index contributed by atoms with van der Waals surface area (Å²) in [6, 6.07) is 6.50. The zero-order valence-corrected chi connectivity index (χ0v) is 14.6. The predicted octanol–water partition coefficient (Wildman–Crippen LogP) is 5.78. The van der Waals surface area contributed by atoms with Crippen LogP contribution in [0.25, 0.3) is 0 Å². The van der Waals surface area contributed by atoms with E-state index in [-0.39, 0.29) is 0 Å².